The van der Waals surface area contributed by atoms with Crippen LogP contribution in [0, 0.1) is 0 Å². The van der Waals surface area contributed by atoms with Crippen molar-refractivity contribution in [2.75, 3.05) is 14.2 Å². The van der Waals surface area contributed by atoms with E-state index < -0.39 is 0 Å². The van der Waals surface area contributed by atoms with E-state index in [0.29, 0.717) is 11.3 Å². The highest BCUT2D eigenvalue weighted by molar-refractivity contribution is 7.04. The Morgan fingerprint density at radius 3 is 2.64 bits per heavy atom. The molecule has 1 aromatic heterocycles. The van der Waals surface area contributed by atoms with Gasteiger partial charge in [-0.2, -0.15) is 4.99 Å². The molecule has 0 atom stereocenters. The Morgan fingerprint density at radius 2 is 2.04 bits per heavy atom. The molecule has 0 aliphatic rings. The molecule has 1 heterocycles. The van der Waals surface area contributed by atoms with Crippen LogP contribution in [-0.4, -0.2) is 30.3 Å². The summed E-state index contributed by atoms with van der Waals surface area (Å²) >= 11 is 1.51. The number of ether oxygens (including phenoxy) is 1. The van der Waals surface area contributed by atoms with Crippen molar-refractivity contribution in [2.24, 2.45) is 10.1 Å². The molecule has 152 valence electrons. The number of methoxy groups -OCH3 is 1. The molecule has 0 saturated carbocycles. The summed E-state index contributed by atoms with van der Waals surface area (Å²) in [6.45, 7) is 8.57. The second kappa shape index (κ2) is 9.68. The van der Waals surface area contributed by atoms with Crippen LogP contribution >= 0.6 is 11.5 Å². The summed E-state index contributed by atoms with van der Waals surface area (Å²) in [5.74, 6) is 0.156. The Labute approximate surface area is 170 Å². The van der Waals surface area contributed by atoms with Gasteiger partial charge in [0, 0.05) is 17.3 Å². The molecular weight excluding hydrogens is 374 g/mol. The molecule has 0 fully saturated rings. The summed E-state index contributed by atoms with van der Waals surface area (Å²) in [5, 5.41) is 3.75. The number of hydrogen-bond acceptors (Lipinski definition) is 5. The fraction of sp³-hybridized carbons (Fsp3) is 0.476. The van der Waals surface area contributed by atoms with Crippen LogP contribution in [0.4, 0.5) is 0 Å². The van der Waals surface area contributed by atoms with Crippen LogP contribution in [0.2, 0.25) is 0 Å². The zero-order valence-electron chi connectivity index (χ0n) is 17.5. The van der Waals surface area contributed by atoms with Crippen molar-refractivity contribution in [1.82, 2.24) is 3.96 Å². The fourth-order valence-corrected chi connectivity index (χ4v) is 3.61. The maximum absolute atomic E-state index is 13.0. The average Bonchev–Trinajstić information content (AvgIpc) is 3.07. The second-order valence-corrected chi connectivity index (χ2v) is 8.41. The van der Waals surface area contributed by atoms with Gasteiger partial charge in [0.25, 0.3) is 5.91 Å². The maximum Gasteiger partial charge on any atom is 0.282 e. The zero-order valence-corrected chi connectivity index (χ0v) is 18.3. The number of rotatable bonds is 7. The van der Waals surface area contributed by atoms with Gasteiger partial charge in [0.15, 0.2) is 0 Å². The molecule has 6 nitrogen and oxygen atoms in total. The highest BCUT2D eigenvalue weighted by atomic mass is 32.1. The first-order valence-corrected chi connectivity index (χ1v) is 10.1. The Kier molecular flexibility index (Phi) is 7.57. The van der Waals surface area contributed by atoms with E-state index in [1.165, 1.54) is 18.6 Å². The second-order valence-electron chi connectivity index (χ2n) is 7.44. The van der Waals surface area contributed by atoms with Gasteiger partial charge in [0.2, 0.25) is 0 Å². The summed E-state index contributed by atoms with van der Waals surface area (Å²) in [6, 6.07) is 5.26. The predicted molar refractivity (Wildman–Crippen MR) is 113 cm³/mol. The van der Waals surface area contributed by atoms with Gasteiger partial charge >= 0.3 is 0 Å². The highest BCUT2D eigenvalue weighted by Crippen LogP contribution is 2.21. The summed E-state index contributed by atoms with van der Waals surface area (Å²) in [5.41, 5.74) is 2.19. The lowest BCUT2D eigenvalue weighted by atomic mass is 10.1. The molecule has 0 bridgehead atoms. The van der Waals surface area contributed by atoms with Crippen LogP contribution in [0.3, 0.4) is 0 Å². The van der Waals surface area contributed by atoms with Gasteiger partial charge in [-0.25, -0.2) is 0 Å². The van der Waals surface area contributed by atoms with Gasteiger partial charge in [-0.3, -0.25) is 8.75 Å². The SMILES string of the molecule is CCCCc1cn(C(C)(C)C)sc1=NC(=O)c1cc(/C=N/OC)ccc1OC. The molecule has 7 heteroatoms. The number of amides is 1. The van der Waals surface area contributed by atoms with Crippen LogP contribution < -0.4 is 9.41 Å². The third-order valence-electron chi connectivity index (χ3n) is 4.16. The number of hydrogen-bond donors (Lipinski definition) is 0. The van der Waals surface area contributed by atoms with Crippen molar-refractivity contribution >= 4 is 23.7 Å². The first kappa shape index (κ1) is 21.9. The van der Waals surface area contributed by atoms with Crippen LogP contribution in [0.5, 0.6) is 5.75 Å². The van der Waals surface area contributed by atoms with Gasteiger partial charge in [-0.1, -0.05) is 18.5 Å². The number of carbonyl (C=O) groups is 1. The van der Waals surface area contributed by atoms with Gasteiger partial charge in [0.1, 0.15) is 17.5 Å². The summed E-state index contributed by atoms with van der Waals surface area (Å²) in [7, 11) is 3.01. The third kappa shape index (κ3) is 5.55. The smallest absolute Gasteiger partial charge is 0.282 e. The number of benzene rings is 1. The van der Waals surface area contributed by atoms with Crippen molar-refractivity contribution in [2.45, 2.75) is 52.5 Å². The number of unbranched alkanes of at least 4 members (excludes halogenated alkanes) is 1. The molecule has 0 aliphatic carbocycles. The number of oxime groups is 1. The molecule has 0 aliphatic heterocycles. The molecule has 1 amide bonds. The van der Waals surface area contributed by atoms with Gasteiger partial charge in [-0.15, -0.1) is 0 Å². The molecule has 2 aromatic rings. The van der Waals surface area contributed by atoms with Gasteiger partial charge < -0.3 is 9.57 Å². The Balaban J connectivity index is 2.50. The number of aromatic nitrogens is 1. The Bertz CT molecular complexity index is 904. The van der Waals surface area contributed by atoms with E-state index >= 15 is 0 Å². The minimum Gasteiger partial charge on any atom is -0.496 e. The average molecular weight is 404 g/mol. The molecule has 1 aromatic carbocycles. The predicted octanol–water partition coefficient (Wildman–Crippen LogP) is 4.38. The monoisotopic (exact) mass is 403 g/mol. The summed E-state index contributed by atoms with van der Waals surface area (Å²) in [6.07, 6.45) is 6.71. The van der Waals surface area contributed by atoms with Crippen LogP contribution in [-0.2, 0) is 16.8 Å². The first-order chi connectivity index (χ1) is 13.3. The van der Waals surface area contributed by atoms with Crippen molar-refractivity contribution in [3.63, 3.8) is 0 Å². The minimum absolute atomic E-state index is 0.0589. The van der Waals surface area contributed by atoms with E-state index in [-0.39, 0.29) is 11.4 Å². The molecule has 0 saturated heterocycles. The van der Waals surface area contributed by atoms with E-state index in [1.807, 2.05) is 6.07 Å². The van der Waals surface area contributed by atoms with Crippen molar-refractivity contribution in [3.05, 3.63) is 45.8 Å². The Hall–Kier alpha value is -2.41. The molecule has 28 heavy (non-hydrogen) atoms. The third-order valence-corrected chi connectivity index (χ3v) is 5.53. The Morgan fingerprint density at radius 1 is 1.29 bits per heavy atom. The lowest BCUT2D eigenvalue weighted by molar-refractivity contribution is 0.0996. The normalized spacial score (nSPS) is 12.6. The van der Waals surface area contributed by atoms with Gasteiger partial charge in [0.05, 0.1) is 18.9 Å². The molecule has 0 spiro atoms. The topological polar surface area (TPSA) is 65.2 Å². The van der Waals surface area contributed by atoms with E-state index in [4.69, 9.17) is 9.57 Å². The lowest BCUT2D eigenvalue weighted by Crippen LogP contribution is -2.18. The standard InChI is InChI=1S/C21H29N3O3S/c1-7-8-9-16-14-24(21(2,3)4)28-20(16)23-19(25)17-12-15(13-22-27-6)10-11-18(17)26-5/h10-14H,7-9H2,1-6H3/b22-13+,23-20?. The van der Waals surface area contributed by atoms with E-state index in [9.17, 15) is 4.79 Å². The lowest BCUT2D eigenvalue weighted by Gasteiger charge is -2.19. The summed E-state index contributed by atoms with van der Waals surface area (Å²) in [4.78, 5) is 22.1. The zero-order chi connectivity index (χ0) is 20.7. The minimum atomic E-state index is -0.329. The van der Waals surface area contributed by atoms with E-state index in [1.54, 1.807) is 25.5 Å². The maximum atomic E-state index is 13.0. The molecule has 0 N–H and O–H groups in total. The molecule has 0 radical (unpaired) electrons. The van der Waals surface area contributed by atoms with E-state index in [0.717, 1.165) is 35.1 Å². The number of aryl methyl sites for hydroxylation is 1. The first-order valence-electron chi connectivity index (χ1n) is 9.36. The van der Waals surface area contributed by atoms with Crippen molar-refractivity contribution in [1.29, 1.82) is 0 Å². The summed E-state index contributed by atoms with van der Waals surface area (Å²) < 4.78 is 8.27. The van der Waals surface area contributed by atoms with Gasteiger partial charge in [-0.05, 0) is 68.9 Å². The number of carbonyl (C=O) groups excluding carboxylic acids is 1. The van der Waals surface area contributed by atoms with E-state index in [2.05, 4.69) is 48.0 Å². The van der Waals surface area contributed by atoms with Crippen molar-refractivity contribution in [3.8, 4) is 5.75 Å². The van der Waals surface area contributed by atoms with Crippen LogP contribution in [0.15, 0.2) is 34.5 Å². The molecule has 2 rings (SSSR count). The fourth-order valence-electron chi connectivity index (χ4n) is 2.58. The van der Waals surface area contributed by atoms with Crippen molar-refractivity contribution < 1.29 is 14.4 Å². The van der Waals surface area contributed by atoms with Crippen LogP contribution in [0.25, 0.3) is 0 Å². The van der Waals surface area contributed by atoms with Crippen LogP contribution in [0.1, 0.15) is 62.0 Å². The largest absolute Gasteiger partial charge is 0.496 e. The highest BCUT2D eigenvalue weighted by Gasteiger charge is 2.17. The number of nitrogens with zero attached hydrogens (tertiary/aromatic N) is 3. The molecule has 0 unspecified atom stereocenters. The quantitative estimate of drug-likeness (QED) is 0.509. The molecular formula is C21H29N3O3S.